The predicted molar refractivity (Wildman–Crippen MR) is 80.9 cm³/mol. The summed E-state index contributed by atoms with van der Waals surface area (Å²) in [6, 6.07) is 5.26. The highest BCUT2D eigenvalue weighted by Crippen LogP contribution is 2.26. The molecule has 1 fully saturated rings. The van der Waals surface area contributed by atoms with Crippen LogP contribution in [-0.2, 0) is 9.53 Å². The van der Waals surface area contributed by atoms with Crippen molar-refractivity contribution >= 4 is 23.3 Å². The Kier molecular flexibility index (Phi) is 4.67. The summed E-state index contributed by atoms with van der Waals surface area (Å²) < 4.78 is 5.00. The van der Waals surface area contributed by atoms with Crippen molar-refractivity contribution in [2.24, 2.45) is 11.7 Å². The zero-order valence-electron chi connectivity index (χ0n) is 12.2. The van der Waals surface area contributed by atoms with E-state index in [-0.39, 0.29) is 11.8 Å². The van der Waals surface area contributed by atoms with Gasteiger partial charge in [0, 0.05) is 24.5 Å². The number of nitrogen functional groups attached to an aromatic ring is 1. The Morgan fingerprint density at radius 3 is 2.86 bits per heavy atom. The molecule has 1 aromatic rings. The lowest BCUT2D eigenvalue weighted by molar-refractivity contribution is -0.122. The van der Waals surface area contributed by atoms with Crippen LogP contribution in [0.1, 0.15) is 30.1 Å². The predicted octanol–water partition coefficient (Wildman–Crippen LogP) is 1.15. The van der Waals surface area contributed by atoms with Gasteiger partial charge in [0.25, 0.3) is 0 Å². The number of nitrogens with zero attached hydrogens (tertiary/aromatic N) is 1. The molecule has 0 spiro atoms. The minimum Gasteiger partial charge on any atom is -0.462 e. The quantitative estimate of drug-likeness (QED) is 0.640. The molecule has 1 heterocycles. The molecule has 0 saturated carbocycles. The van der Waals surface area contributed by atoms with E-state index in [9.17, 15) is 9.59 Å². The standard InChI is InChI=1S/C15H21N3O3/c1-2-21-15(20)12-8-11(5-6-13(12)16)18-7-3-4-10(9-18)14(17)19/h5-6,8,10H,2-4,7,9,16H2,1H3,(H2,17,19). The molecule has 0 aromatic heterocycles. The summed E-state index contributed by atoms with van der Waals surface area (Å²) in [5.41, 5.74) is 12.8. The SMILES string of the molecule is CCOC(=O)c1cc(N2CCCC(C(N)=O)C2)ccc1N. The Bertz CT molecular complexity index is 545. The third-order valence-corrected chi connectivity index (χ3v) is 3.72. The molecule has 0 bridgehead atoms. The number of hydrogen-bond donors (Lipinski definition) is 2. The molecule has 1 aliphatic rings. The minimum atomic E-state index is -0.430. The lowest BCUT2D eigenvalue weighted by Crippen LogP contribution is -2.41. The van der Waals surface area contributed by atoms with Crippen LogP contribution in [0.25, 0.3) is 0 Å². The van der Waals surface area contributed by atoms with Crippen LogP contribution in [0.3, 0.4) is 0 Å². The molecule has 1 unspecified atom stereocenters. The molecule has 1 aliphatic heterocycles. The average Bonchev–Trinajstić information content (AvgIpc) is 2.48. The first-order valence-electron chi connectivity index (χ1n) is 7.13. The van der Waals surface area contributed by atoms with Gasteiger partial charge in [0.15, 0.2) is 0 Å². The van der Waals surface area contributed by atoms with Crippen LogP contribution in [0.4, 0.5) is 11.4 Å². The minimum absolute atomic E-state index is 0.151. The van der Waals surface area contributed by atoms with Crippen LogP contribution in [0.5, 0.6) is 0 Å². The van der Waals surface area contributed by atoms with Crippen LogP contribution >= 0.6 is 0 Å². The molecular formula is C15H21N3O3. The number of nitrogens with two attached hydrogens (primary N) is 2. The molecule has 6 heteroatoms. The zero-order chi connectivity index (χ0) is 15.4. The molecule has 0 radical (unpaired) electrons. The van der Waals surface area contributed by atoms with Gasteiger partial charge in [-0.3, -0.25) is 4.79 Å². The van der Waals surface area contributed by atoms with Crippen LogP contribution in [0.15, 0.2) is 18.2 Å². The number of amides is 1. The number of anilines is 2. The number of piperidine rings is 1. The number of rotatable bonds is 4. The normalized spacial score (nSPS) is 18.3. The van der Waals surface area contributed by atoms with E-state index in [1.165, 1.54) is 0 Å². The first-order chi connectivity index (χ1) is 10.0. The third kappa shape index (κ3) is 3.45. The number of ether oxygens (including phenoxy) is 1. The second-order valence-corrected chi connectivity index (χ2v) is 5.18. The zero-order valence-corrected chi connectivity index (χ0v) is 12.2. The number of benzene rings is 1. The number of primary amides is 1. The van der Waals surface area contributed by atoms with Gasteiger partial charge >= 0.3 is 5.97 Å². The van der Waals surface area contributed by atoms with Gasteiger partial charge in [-0.15, -0.1) is 0 Å². The molecule has 114 valence electrons. The molecule has 6 nitrogen and oxygen atoms in total. The van der Waals surface area contributed by atoms with E-state index in [0.717, 1.165) is 25.1 Å². The highest BCUT2D eigenvalue weighted by molar-refractivity contribution is 5.96. The van der Waals surface area contributed by atoms with Crippen molar-refractivity contribution in [3.63, 3.8) is 0 Å². The Morgan fingerprint density at radius 1 is 1.43 bits per heavy atom. The van der Waals surface area contributed by atoms with Gasteiger partial charge in [-0.2, -0.15) is 0 Å². The highest BCUT2D eigenvalue weighted by atomic mass is 16.5. The molecule has 21 heavy (non-hydrogen) atoms. The lowest BCUT2D eigenvalue weighted by atomic mass is 9.96. The summed E-state index contributed by atoms with van der Waals surface area (Å²) in [5, 5.41) is 0. The van der Waals surface area contributed by atoms with Crippen LogP contribution < -0.4 is 16.4 Å². The van der Waals surface area contributed by atoms with Gasteiger partial charge in [-0.1, -0.05) is 0 Å². The molecule has 4 N–H and O–H groups in total. The number of carbonyl (C=O) groups is 2. The molecule has 1 aromatic carbocycles. The van der Waals surface area contributed by atoms with Crippen LogP contribution in [0.2, 0.25) is 0 Å². The van der Waals surface area contributed by atoms with Gasteiger partial charge in [0.1, 0.15) is 0 Å². The van der Waals surface area contributed by atoms with Crippen molar-refractivity contribution in [1.29, 1.82) is 0 Å². The van der Waals surface area contributed by atoms with E-state index in [0.29, 0.717) is 24.4 Å². The van der Waals surface area contributed by atoms with Gasteiger partial charge in [0.2, 0.25) is 5.91 Å². The van der Waals surface area contributed by atoms with Gasteiger partial charge in [-0.05, 0) is 38.0 Å². The van der Waals surface area contributed by atoms with Gasteiger partial charge < -0.3 is 21.1 Å². The second-order valence-electron chi connectivity index (χ2n) is 5.18. The monoisotopic (exact) mass is 291 g/mol. The first kappa shape index (κ1) is 15.2. The summed E-state index contributed by atoms with van der Waals surface area (Å²) >= 11 is 0. The highest BCUT2D eigenvalue weighted by Gasteiger charge is 2.25. The van der Waals surface area contributed by atoms with E-state index in [1.54, 1.807) is 19.1 Å². The largest absolute Gasteiger partial charge is 0.462 e. The van der Waals surface area contributed by atoms with Crippen molar-refractivity contribution < 1.29 is 14.3 Å². The Morgan fingerprint density at radius 2 is 2.19 bits per heavy atom. The van der Waals surface area contributed by atoms with E-state index < -0.39 is 5.97 Å². The molecule has 2 rings (SSSR count). The maximum absolute atomic E-state index is 11.9. The van der Waals surface area contributed by atoms with Crippen molar-refractivity contribution in [3.8, 4) is 0 Å². The van der Waals surface area contributed by atoms with Crippen molar-refractivity contribution in [1.82, 2.24) is 0 Å². The summed E-state index contributed by atoms with van der Waals surface area (Å²) in [6.07, 6.45) is 1.71. The van der Waals surface area contributed by atoms with Gasteiger partial charge in [0.05, 0.1) is 18.1 Å². The third-order valence-electron chi connectivity index (χ3n) is 3.72. The maximum atomic E-state index is 11.9. The molecule has 1 amide bonds. The van der Waals surface area contributed by atoms with Crippen molar-refractivity contribution in [2.45, 2.75) is 19.8 Å². The van der Waals surface area contributed by atoms with Crippen LogP contribution in [0, 0.1) is 5.92 Å². The molecule has 0 aliphatic carbocycles. The summed E-state index contributed by atoms with van der Waals surface area (Å²) in [7, 11) is 0. The fourth-order valence-corrected chi connectivity index (χ4v) is 2.57. The molecular weight excluding hydrogens is 270 g/mol. The van der Waals surface area contributed by atoms with E-state index in [2.05, 4.69) is 4.90 Å². The first-order valence-corrected chi connectivity index (χ1v) is 7.13. The van der Waals surface area contributed by atoms with Crippen molar-refractivity contribution in [3.05, 3.63) is 23.8 Å². The smallest absolute Gasteiger partial charge is 0.340 e. The number of hydrogen-bond acceptors (Lipinski definition) is 5. The summed E-state index contributed by atoms with van der Waals surface area (Å²) in [5.74, 6) is -0.858. The topological polar surface area (TPSA) is 98.6 Å². The van der Waals surface area contributed by atoms with E-state index >= 15 is 0 Å². The summed E-state index contributed by atoms with van der Waals surface area (Å²) in [6.45, 7) is 3.45. The molecule has 1 atom stereocenters. The Labute approximate surface area is 124 Å². The second kappa shape index (κ2) is 6.47. The Hall–Kier alpha value is -2.24. The summed E-state index contributed by atoms with van der Waals surface area (Å²) in [4.78, 5) is 25.3. The average molecular weight is 291 g/mol. The maximum Gasteiger partial charge on any atom is 0.340 e. The fourth-order valence-electron chi connectivity index (χ4n) is 2.57. The van der Waals surface area contributed by atoms with Crippen molar-refractivity contribution in [2.75, 3.05) is 30.3 Å². The van der Waals surface area contributed by atoms with Gasteiger partial charge in [-0.25, -0.2) is 4.79 Å². The van der Waals surface area contributed by atoms with Crippen LogP contribution in [-0.4, -0.2) is 31.6 Å². The number of carbonyl (C=O) groups excluding carboxylic acids is 2. The lowest BCUT2D eigenvalue weighted by Gasteiger charge is -2.33. The molecule has 1 saturated heterocycles. The number of esters is 1. The Balaban J connectivity index is 2.22. The van der Waals surface area contributed by atoms with E-state index in [1.807, 2.05) is 6.07 Å². The van der Waals surface area contributed by atoms with E-state index in [4.69, 9.17) is 16.2 Å². The fraction of sp³-hybridized carbons (Fsp3) is 0.467.